The summed E-state index contributed by atoms with van der Waals surface area (Å²) in [6, 6.07) is 8.73. The van der Waals surface area contributed by atoms with E-state index in [0.29, 0.717) is 6.04 Å². The number of benzene rings is 1. The van der Waals surface area contributed by atoms with E-state index in [9.17, 15) is 4.79 Å². The number of halogens is 1. The lowest BCUT2D eigenvalue weighted by atomic mass is 9.76. The second kappa shape index (κ2) is 5.35. The molecular weight excluding hydrogens is 274 g/mol. The summed E-state index contributed by atoms with van der Waals surface area (Å²) < 4.78 is 0. The molecule has 0 aromatic heterocycles. The Hall–Kier alpha value is -1.10. The van der Waals surface area contributed by atoms with Crippen molar-refractivity contribution in [1.29, 1.82) is 0 Å². The Balaban J connectivity index is 1.95. The van der Waals surface area contributed by atoms with E-state index in [2.05, 4.69) is 17.4 Å². The number of nitrogens with one attached hydrogen (secondary N) is 1. The van der Waals surface area contributed by atoms with Gasteiger partial charge >= 0.3 is 0 Å². The molecular formula is C15H20ClN3O. The molecule has 2 aliphatic rings. The highest BCUT2D eigenvalue weighted by Crippen LogP contribution is 2.46. The first-order chi connectivity index (χ1) is 9.61. The van der Waals surface area contributed by atoms with Crippen molar-refractivity contribution in [2.24, 2.45) is 11.8 Å². The standard InChI is InChI=1S/C15H20ClN3O/c1-19-11-6-7-13(19)14(15(20)18-17)12(8-11)9-2-4-10(16)5-3-9/h2-5,11-14H,6-8,17H2,1H3,(H,18,20)/t11-,12-,13?,14?/m1/s1. The van der Waals surface area contributed by atoms with E-state index in [1.54, 1.807) is 0 Å². The summed E-state index contributed by atoms with van der Waals surface area (Å²) in [6.45, 7) is 0. The Morgan fingerprint density at radius 1 is 1.35 bits per heavy atom. The molecule has 0 saturated carbocycles. The van der Waals surface area contributed by atoms with Gasteiger partial charge in [0.1, 0.15) is 0 Å². The van der Waals surface area contributed by atoms with E-state index in [0.717, 1.165) is 17.9 Å². The van der Waals surface area contributed by atoms with E-state index in [-0.39, 0.29) is 23.8 Å². The van der Waals surface area contributed by atoms with Crippen molar-refractivity contribution in [2.45, 2.75) is 37.3 Å². The van der Waals surface area contributed by atoms with Gasteiger partial charge in [0, 0.05) is 17.1 Å². The lowest BCUT2D eigenvalue weighted by Crippen LogP contribution is -2.52. The summed E-state index contributed by atoms with van der Waals surface area (Å²) >= 11 is 5.96. The topological polar surface area (TPSA) is 58.4 Å². The maximum atomic E-state index is 12.3. The number of carbonyl (C=O) groups excluding carboxylic acids is 1. The van der Waals surface area contributed by atoms with E-state index in [1.807, 2.05) is 24.3 Å². The first-order valence-electron chi connectivity index (χ1n) is 7.09. The van der Waals surface area contributed by atoms with Gasteiger partial charge in [-0.25, -0.2) is 5.84 Å². The lowest BCUT2D eigenvalue weighted by Gasteiger charge is -2.42. The number of hydrazine groups is 1. The molecule has 2 bridgehead atoms. The number of nitrogens with zero attached hydrogens (tertiary/aromatic N) is 1. The van der Waals surface area contributed by atoms with Crippen LogP contribution < -0.4 is 11.3 Å². The number of fused-ring (bicyclic) bond motifs is 2. The summed E-state index contributed by atoms with van der Waals surface area (Å²) in [4.78, 5) is 14.6. The summed E-state index contributed by atoms with van der Waals surface area (Å²) in [7, 11) is 2.12. The SMILES string of the molecule is CN1C2CC[C@@H]1C[C@H](c1ccc(Cl)cc1)C2C(=O)NN. The lowest BCUT2D eigenvalue weighted by molar-refractivity contribution is -0.129. The van der Waals surface area contributed by atoms with Crippen molar-refractivity contribution in [3.05, 3.63) is 34.9 Å². The molecule has 4 nitrogen and oxygen atoms in total. The summed E-state index contributed by atoms with van der Waals surface area (Å²) in [5.41, 5.74) is 3.55. The van der Waals surface area contributed by atoms with E-state index in [1.165, 1.54) is 12.0 Å². The number of rotatable bonds is 2. The van der Waals surface area contributed by atoms with Crippen LogP contribution in [0.25, 0.3) is 0 Å². The number of hydrogen-bond donors (Lipinski definition) is 2. The molecule has 0 aliphatic carbocycles. The Labute approximate surface area is 124 Å². The first-order valence-corrected chi connectivity index (χ1v) is 7.47. The normalized spacial score (nSPS) is 33.1. The van der Waals surface area contributed by atoms with Gasteiger partial charge in [-0.05, 0) is 49.9 Å². The fourth-order valence-corrected chi connectivity index (χ4v) is 4.10. The van der Waals surface area contributed by atoms with Crippen LogP contribution in [-0.2, 0) is 4.79 Å². The summed E-state index contributed by atoms with van der Waals surface area (Å²) in [6.07, 6.45) is 3.25. The van der Waals surface area contributed by atoms with Crippen LogP contribution in [0.15, 0.2) is 24.3 Å². The fraction of sp³-hybridized carbons (Fsp3) is 0.533. The largest absolute Gasteiger partial charge is 0.300 e. The van der Waals surface area contributed by atoms with Gasteiger partial charge in [0.2, 0.25) is 5.91 Å². The Kier molecular flexibility index (Phi) is 3.71. The highest BCUT2D eigenvalue weighted by molar-refractivity contribution is 6.30. The predicted molar refractivity (Wildman–Crippen MR) is 79.2 cm³/mol. The third-order valence-corrected chi connectivity index (χ3v) is 5.26. The van der Waals surface area contributed by atoms with Crippen molar-refractivity contribution < 1.29 is 4.79 Å². The monoisotopic (exact) mass is 293 g/mol. The van der Waals surface area contributed by atoms with Crippen LogP contribution in [0, 0.1) is 5.92 Å². The molecule has 2 heterocycles. The highest BCUT2D eigenvalue weighted by atomic mass is 35.5. The van der Waals surface area contributed by atoms with Crippen molar-refractivity contribution in [2.75, 3.05) is 7.05 Å². The predicted octanol–water partition coefficient (Wildman–Crippen LogP) is 1.90. The number of nitrogens with two attached hydrogens (primary N) is 1. The molecule has 1 amide bonds. The molecule has 3 N–H and O–H groups in total. The van der Waals surface area contributed by atoms with Crippen LogP contribution in [0.5, 0.6) is 0 Å². The Morgan fingerprint density at radius 3 is 2.70 bits per heavy atom. The molecule has 5 heteroatoms. The molecule has 20 heavy (non-hydrogen) atoms. The number of carbonyl (C=O) groups is 1. The quantitative estimate of drug-likeness (QED) is 0.497. The van der Waals surface area contributed by atoms with Gasteiger partial charge in [-0.1, -0.05) is 23.7 Å². The minimum Gasteiger partial charge on any atom is -0.300 e. The third-order valence-electron chi connectivity index (χ3n) is 5.01. The molecule has 2 aliphatic heterocycles. The van der Waals surface area contributed by atoms with Crippen LogP contribution >= 0.6 is 11.6 Å². The van der Waals surface area contributed by atoms with Crippen LogP contribution in [0.4, 0.5) is 0 Å². The van der Waals surface area contributed by atoms with Gasteiger partial charge < -0.3 is 0 Å². The fourth-order valence-electron chi connectivity index (χ4n) is 3.97. The zero-order valence-corrected chi connectivity index (χ0v) is 12.3. The van der Waals surface area contributed by atoms with E-state index < -0.39 is 0 Å². The van der Waals surface area contributed by atoms with Gasteiger partial charge in [0.05, 0.1) is 5.92 Å². The second-order valence-corrected chi connectivity index (χ2v) is 6.33. The van der Waals surface area contributed by atoms with Crippen LogP contribution in [0.2, 0.25) is 5.02 Å². The maximum absolute atomic E-state index is 12.3. The molecule has 2 fully saturated rings. The summed E-state index contributed by atoms with van der Waals surface area (Å²) in [5.74, 6) is 5.50. The second-order valence-electron chi connectivity index (χ2n) is 5.89. The van der Waals surface area contributed by atoms with E-state index >= 15 is 0 Å². The zero-order valence-electron chi connectivity index (χ0n) is 11.6. The number of hydrogen-bond acceptors (Lipinski definition) is 3. The van der Waals surface area contributed by atoms with Crippen molar-refractivity contribution in [1.82, 2.24) is 10.3 Å². The molecule has 1 aromatic carbocycles. The minimum atomic E-state index is -0.0788. The number of piperidine rings is 1. The molecule has 2 unspecified atom stereocenters. The van der Waals surface area contributed by atoms with Crippen LogP contribution in [0.3, 0.4) is 0 Å². The van der Waals surface area contributed by atoms with Gasteiger partial charge in [-0.15, -0.1) is 0 Å². The van der Waals surface area contributed by atoms with Gasteiger partial charge in [-0.3, -0.25) is 15.1 Å². The van der Waals surface area contributed by atoms with Crippen molar-refractivity contribution in [3.8, 4) is 0 Å². The first kappa shape index (κ1) is 13.9. The molecule has 1 aromatic rings. The molecule has 2 saturated heterocycles. The maximum Gasteiger partial charge on any atom is 0.239 e. The Bertz CT molecular complexity index is 504. The van der Waals surface area contributed by atoms with E-state index in [4.69, 9.17) is 17.4 Å². The smallest absolute Gasteiger partial charge is 0.239 e. The summed E-state index contributed by atoms with van der Waals surface area (Å²) in [5, 5.41) is 0.726. The molecule has 4 atom stereocenters. The Morgan fingerprint density at radius 2 is 2.05 bits per heavy atom. The molecule has 0 radical (unpaired) electrons. The minimum absolute atomic E-state index is 0.0536. The average Bonchev–Trinajstić information content (AvgIpc) is 2.70. The third kappa shape index (κ3) is 2.22. The average molecular weight is 294 g/mol. The van der Waals surface area contributed by atoms with Gasteiger partial charge in [0.15, 0.2) is 0 Å². The van der Waals surface area contributed by atoms with Crippen molar-refractivity contribution >= 4 is 17.5 Å². The molecule has 3 rings (SSSR count). The molecule has 108 valence electrons. The molecule has 0 spiro atoms. The van der Waals surface area contributed by atoms with Crippen LogP contribution in [-0.4, -0.2) is 29.9 Å². The zero-order chi connectivity index (χ0) is 14.3. The van der Waals surface area contributed by atoms with Crippen LogP contribution in [0.1, 0.15) is 30.7 Å². The van der Waals surface area contributed by atoms with Gasteiger partial charge in [-0.2, -0.15) is 0 Å². The highest BCUT2D eigenvalue weighted by Gasteiger charge is 2.48. The van der Waals surface area contributed by atoms with Crippen molar-refractivity contribution in [3.63, 3.8) is 0 Å². The van der Waals surface area contributed by atoms with Gasteiger partial charge in [0.25, 0.3) is 0 Å². The number of amides is 1.